The Balaban J connectivity index is 1.88. The molecule has 0 radical (unpaired) electrons. The van der Waals surface area contributed by atoms with Gasteiger partial charge < -0.3 is 5.32 Å². The van der Waals surface area contributed by atoms with E-state index < -0.39 is 49.1 Å². The van der Waals surface area contributed by atoms with E-state index in [1.165, 1.54) is 4.31 Å². The van der Waals surface area contributed by atoms with Gasteiger partial charge in [-0.05, 0) is 12.8 Å². The van der Waals surface area contributed by atoms with Crippen LogP contribution in [0.4, 0.5) is 23.5 Å². The van der Waals surface area contributed by atoms with Crippen LogP contribution in [0, 0.1) is 5.82 Å². The number of nitrogens with one attached hydrogen (secondary N) is 1. The molecule has 0 aromatic carbocycles. The summed E-state index contributed by atoms with van der Waals surface area (Å²) in [7, 11) is -3.31. The maximum absolute atomic E-state index is 14.3. The highest BCUT2D eigenvalue weighted by atomic mass is 32.2. The fraction of sp³-hybridized carbons (Fsp3) is 0.500. The number of sulfonamides is 1. The number of rotatable bonds is 5. The zero-order valence-electron chi connectivity index (χ0n) is 15.8. The Kier molecular flexibility index (Phi) is 6.11. The summed E-state index contributed by atoms with van der Waals surface area (Å²) in [6, 6.07) is -0.238. The van der Waals surface area contributed by atoms with E-state index in [9.17, 15) is 30.8 Å². The molecule has 1 N–H and O–H groups in total. The number of carbonyl (C=O) groups is 1. The summed E-state index contributed by atoms with van der Waals surface area (Å²) < 4.78 is 78.8. The molecule has 1 saturated heterocycles. The monoisotopic (exact) mass is 467 g/mol. The molecule has 0 aliphatic carbocycles. The number of Topliss-reactive ketones (excluding diaryl/α,β-unsaturated/α-hetero) is 1. The third kappa shape index (κ3) is 4.92. The van der Waals surface area contributed by atoms with Crippen molar-refractivity contribution in [3.8, 4) is 10.6 Å². The lowest BCUT2D eigenvalue weighted by Gasteiger charge is -2.30. The summed E-state index contributed by atoms with van der Waals surface area (Å²) >= 11 is 0.407. The van der Waals surface area contributed by atoms with Crippen molar-refractivity contribution in [3.05, 3.63) is 22.7 Å². The van der Waals surface area contributed by atoms with Crippen molar-refractivity contribution in [2.24, 2.45) is 0 Å². The van der Waals surface area contributed by atoms with Crippen molar-refractivity contribution in [2.75, 3.05) is 24.7 Å². The largest absolute Gasteiger partial charge is 0.434 e. The average Bonchev–Trinajstić information content (AvgIpc) is 3.09. The standard InChI is InChI=1S/C16H17F4N5O3S2/c1-8(26)14-24-13(16(18,19)20)12(29-14)11-10(17)7-21-15(23-11)22-9-3-5-25(6-4-9)30(2,27)28/h7,9H,3-6H2,1-2H3,(H,21,22,23). The van der Waals surface area contributed by atoms with Gasteiger partial charge >= 0.3 is 6.18 Å². The van der Waals surface area contributed by atoms with Crippen molar-refractivity contribution < 1.29 is 30.8 Å². The zero-order chi connectivity index (χ0) is 22.3. The van der Waals surface area contributed by atoms with E-state index in [0.29, 0.717) is 24.2 Å². The molecule has 0 saturated carbocycles. The molecule has 2 aromatic heterocycles. The number of alkyl halides is 3. The molecule has 0 unspecified atom stereocenters. The van der Waals surface area contributed by atoms with Gasteiger partial charge in [-0.2, -0.15) is 13.2 Å². The second-order valence-electron chi connectivity index (χ2n) is 6.72. The molecule has 1 aliphatic heterocycles. The Bertz CT molecular complexity index is 1060. The van der Waals surface area contributed by atoms with Crippen molar-refractivity contribution in [3.63, 3.8) is 0 Å². The Morgan fingerprint density at radius 1 is 1.27 bits per heavy atom. The summed E-state index contributed by atoms with van der Waals surface area (Å²) in [5, 5.41) is 2.50. The Morgan fingerprint density at radius 2 is 1.90 bits per heavy atom. The number of aromatic nitrogens is 3. The molecule has 1 fully saturated rings. The van der Waals surface area contributed by atoms with Crippen LogP contribution < -0.4 is 5.32 Å². The van der Waals surface area contributed by atoms with Crippen LogP contribution in [-0.4, -0.2) is 58.8 Å². The minimum absolute atomic E-state index is 0.102. The number of hydrogen-bond acceptors (Lipinski definition) is 8. The van der Waals surface area contributed by atoms with Crippen molar-refractivity contribution in [1.29, 1.82) is 0 Å². The maximum Gasteiger partial charge on any atom is 0.434 e. The van der Waals surface area contributed by atoms with Crippen LogP contribution in [0.5, 0.6) is 0 Å². The highest BCUT2D eigenvalue weighted by Gasteiger charge is 2.39. The molecular weight excluding hydrogens is 450 g/mol. The second-order valence-corrected chi connectivity index (χ2v) is 9.70. The Labute approximate surface area is 173 Å². The van der Waals surface area contributed by atoms with Crippen molar-refractivity contribution in [1.82, 2.24) is 19.3 Å². The maximum atomic E-state index is 14.3. The lowest BCUT2D eigenvalue weighted by atomic mass is 10.1. The van der Waals surface area contributed by atoms with Gasteiger partial charge in [0.05, 0.1) is 17.3 Å². The molecule has 14 heteroatoms. The summed E-state index contributed by atoms with van der Waals surface area (Å²) in [4.78, 5) is 21.8. The first-order valence-electron chi connectivity index (χ1n) is 8.69. The number of halogens is 4. The topological polar surface area (TPSA) is 105 Å². The van der Waals surface area contributed by atoms with E-state index in [0.717, 1.165) is 19.4 Å². The predicted molar refractivity (Wildman–Crippen MR) is 101 cm³/mol. The molecule has 1 aliphatic rings. The van der Waals surface area contributed by atoms with Gasteiger partial charge in [-0.25, -0.2) is 32.1 Å². The average molecular weight is 467 g/mol. The van der Waals surface area contributed by atoms with E-state index in [4.69, 9.17) is 0 Å². The molecule has 0 spiro atoms. The summed E-state index contributed by atoms with van der Waals surface area (Å²) in [6.07, 6.45) is -2.21. The molecule has 0 atom stereocenters. The SMILES string of the molecule is CC(=O)c1nc(C(F)(F)F)c(-c2nc(NC3CCN(S(C)(=O)=O)CC3)ncc2F)s1. The van der Waals surface area contributed by atoms with Gasteiger partial charge in [-0.15, -0.1) is 11.3 Å². The number of anilines is 1. The number of thiazole rings is 1. The summed E-state index contributed by atoms with van der Waals surface area (Å²) in [5.41, 5.74) is -2.00. The van der Waals surface area contributed by atoms with E-state index in [1.807, 2.05) is 0 Å². The first kappa shape index (κ1) is 22.5. The van der Waals surface area contributed by atoms with Crippen LogP contribution in [0.15, 0.2) is 6.20 Å². The van der Waals surface area contributed by atoms with Crippen LogP contribution in [0.2, 0.25) is 0 Å². The van der Waals surface area contributed by atoms with E-state index in [1.54, 1.807) is 0 Å². The van der Waals surface area contributed by atoms with Crippen LogP contribution >= 0.6 is 11.3 Å². The van der Waals surface area contributed by atoms with Gasteiger partial charge in [0.2, 0.25) is 16.0 Å². The fourth-order valence-electron chi connectivity index (χ4n) is 2.93. The van der Waals surface area contributed by atoms with Gasteiger partial charge in [0.1, 0.15) is 5.69 Å². The van der Waals surface area contributed by atoms with E-state index >= 15 is 0 Å². The summed E-state index contributed by atoms with van der Waals surface area (Å²) in [5.74, 6) is -1.87. The lowest BCUT2D eigenvalue weighted by molar-refractivity contribution is -0.140. The smallest absolute Gasteiger partial charge is 0.351 e. The van der Waals surface area contributed by atoms with Crippen molar-refractivity contribution in [2.45, 2.75) is 32.0 Å². The van der Waals surface area contributed by atoms with Crippen molar-refractivity contribution >= 4 is 33.1 Å². The summed E-state index contributed by atoms with van der Waals surface area (Å²) in [6.45, 7) is 1.59. The van der Waals surface area contributed by atoms with Crippen LogP contribution in [-0.2, 0) is 16.2 Å². The van der Waals surface area contributed by atoms with E-state index in [2.05, 4.69) is 20.3 Å². The first-order chi connectivity index (χ1) is 13.9. The third-order valence-corrected chi connectivity index (χ3v) is 6.88. The molecule has 0 amide bonds. The Hall–Kier alpha value is -2.19. The zero-order valence-corrected chi connectivity index (χ0v) is 17.5. The highest BCUT2D eigenvalue weighted by molar-refractivity contribution is 7.88. The lowest BCUT2D eigenvalue weighted by Crippen LogP contribution is -2.42. The third-order valence-electron chi connectivity index (χ3n) is 4.41. The molecular formula is C16H17F4N5O3S2. The fourth-order valence-corrected chi connectivity index (χ4v) is 4.78. The minimum atomic E-state index is -4.90. The van der Waals surface area contributed by atoms with Gasteiger partial charge in [0.15, 0.2) is 22.3 Å². The molecule has 3 rings (SSSR count). The number of nitrogens with zero attached hydrogens (tertiary/aromatic N) is 4. The normalized spacial score (nSPS) is 16.6. The molecule has 2 aromatic rings. The van der Waals surface area contributed by atoms with Gasteiger partial charge in [0, 0.05) is 26.1 Å². The highest BCUT2D eigenvalue weighted by Crippen LogP contribution is 2.40. The number of piperidine rings is 1. The first-order valence-corrected chi connectivity index (χ1v) is 11.4. The molecule has 30 heavy (non-hydrogen) atoms. The van der Waals surface area contributed by atoms with Gasteiger partial charge in [-0.1, -0.05) is 0 Å². The van der Waals surface area contributed by atoms with Crippen LogP contribution in [0.25, 0.3) is 10.6 Å². The number of ketones is 1. The van der Waals surface area contributed by atoms with E-state index in [-0.39, 0.29) is 25.1 Å². The molecule has 8 nitrogen and oxygen atoms in total. The minimum Gasteiger partial charge on any atom is -0.351 e. The van der Waals surface area contributed by atoms with Crippen LogP contribution in [0.3, 0.4) is 0 Å². The number of hydrogen-bond donors (Lipinski definition) is 1. The number of carbonyl (C=O) groups excluding carboxylic acids is 1. The van der Waals surface area contributed by atoms with Gasteiger partial charge in [0.25, 0.3) is 0 Å². The molecule has 0 bridgehead atoms. The molecule has 164 valence electrons. The van der Waals surface area contributed by atoms with Gasteiger partial charge in [-0.3, -0.25) is 4.79 Å². The second kappa shape index (κ2) is 8.15. The predicted octanol–water partition coefficient (Wildman–Crippen LogP) is 2.80. The Morgan fingerprint density at radius 3 is 2.43 bits per heavy atom. The van der Waals surface area contributed by atoms with Crippen LogP contribution in [0.1, 0.15) is 35.3 Å². The quantitative estimate of drug-likeness (QED) is 0.533. The molecule has 3 heterocycles.